The smallest absolute Gasteiger partial charge is 0.490 e. The van der Waals surface area contributed by atoms with E-state index in [4.69, 9.17) is 9.47 Å². The lowest BCUT2D eigenvalue weighted by Gasteiger charge is -2.33. The second kappa shape index (κ2) is 12.3. The van der Waals surface area contributed by atoms with E-state index in [1.165, 1.54) is 22.8 Å². The first-order valence-electron chi connectivity index (χ1n) is 13.4. The topological polar surface area (TPSA) is 113 Å². The monoisotopic (exact) mass is 670 g/mol. The van der Waals surface area contributed by atoms with Crippen molar-refractivity contribution in [2.24, 2.45) is 0 Å². The van der Waals surface area contributed by atoms with Crippen molar-refractivity contribution in [1.29, 1.82) is 0 Å². The number of carbonyl (C=O) groups is 1. The molecule has 1 atom stereocenters. The van der Waals surface area contributed by atoms with Gasteiger partial charge in [-0.25, -0.2) is 18.2 Å². The summed E-state index contributed by atoms with van der Waals surface area (Å²) >= 11 is 0. The first-order chi connectivity index (χ1) is 21.7. The van der Waals surface area contributed by atoms with Crippen LogP contribution in [0.4, 0.5) is 26.3 Å². The molecule has 1 aliphatic rings. The molecule has 46 heavy (non-hydrogen) atoms. The number of alkyl halides is 3. The van der Waals surface area contributed by atoms with Gasteiger partial charge in [0.15, 0.2) is 0 Å². The van der Waals surface area contributed by atoms with Gasteiger partial charge in [0.05, 0.1) is 35.8 Å². The highest BCUT2D eigenvalue weighted by Crippen LogP contribution is 2.46. The van der Waals surface area contributed by atoms with Crippen LogP contribution in [0.15, 0.2) is 49.1 Å². The van der Waals surface area contributed by atoms with Crippen molar-refractivity contribution < 1.29 is 53.2 Å². The number of pyridine rings is 1. The quantitative estimate of drug-likeness (QED) is 0.0752. The molecule has 244 valence electrons. The lowest BCUT2D eigenvalue weighted by Crippen LogP contribution is -2.40. The first-order valence-corrected chi connectivity index (χ1v) is 14.8. The maximum Gasteiger partial charge on any atom is 0.534 e. The average Bonchev–Trinajstić information content (AvgIpc) is 3.42. The van der Waals surface area contributed by atoms with Gasteiger partial charge in [0, 0.05) is 36.7 Å². The van der Waals surface area contributed by atoms with E-state index in [-0.39, 0.29) is 48.9 Å². The minimum absolute atomic E-state index is 0.00822. The fourth-order valence-corrected chi connectivity index (χ4v) is 5.54. The van der Waals surface area contributed by atoms with Crippen molar-refractivity contribution in [1.82, 2.24) is 19.7 Å². The summed E-state index contributed by atoms with van der Waals surface area (Å²) in [5.74, 6) is -5.63. The van der Waals surface area contributed by atoms with Crippen LogP contribution in [0.1, 0.15) is 18.7 Å². The zero-order valence-corrected chi connectivity index (χ0v) is 24.9. The molecule has 1 amide bonds. The van der Waals surface area contributed by atoms with Crippen molar-refractivity contribution in [3.8, 4) is 34.1 Å². The molecule has 5 rings (SSSR count). The third-order valence-corrected chi connectivity index (χ3v) is 8.14. The first kappa shape index (κ1) is 32.7. The zero-order valence-electron chi connectivity index (χ0n) is 24.1. The fraction of sp³-hybridized carbons (Fsp3) is 0.276. The summed E-state index contributed by atoms with van der Waals surface area (Å²) in [6.07, 6.45) is 1.12. The van der Waals surface area contributed by atoms with Crippen LogP contribution in [0.5, 0.6) is 11.6 Å². The van der Waals surface area contributed by atoms with Crippen LogP contribution in [-0.2, 0) is 26.2 Å². The molecule has 10 nitrogen and oxygen atoms in total. The number of halogens is 6. The van der Waals surface area contributed by atoms with E-state index in [9.17, 15) is 30.8 Å². The molecule has 0 N–H and O–H groups in total. The number of carbonyl (C=O) groups excluding carboxylic acids is 1. The molecule has 0 bridgehead atoms. The Morgan fingerprint density at radius 1 is 1.09 bits per heavy atom. The van der Waals surface area contributed by atoms with Crippen LogP contribution in [0.25, 0.3) is 33.3 Å². The Kier molecular flexibility index (Phi) is 8.74. The summed E-state index contributed by atoms with van der Waals surface area (Å²) in [5.41, 5.74) is -6.90. The number of fused-ring (bicyclic) bond motifs is 2. The predicted octanol–water partition coefficient (Wildman–Crippen LogP) is 5.53. The largest absolute Gasteiger partial charge is 0.534 e. The SMILES string of the molecule is C=CC(=O)N1CCn2nc(-c3nc(OS(=O)(=O)C(F)(F)F)c4c(F)cccc4c3-c3c(F)cc(F)cc3OCCOC)cc2[C@H]1C. The summed E-state index contributed by atoms with van der Waals surface area (Å²) in [6.45, 7) is 5.31. The minimum Gasteiger partial charge on any atom is -0.490 e. The number of amides is 1. The third kappa shape index (κ3) is 5.87. The van der Waals surface area contributed by atoms with E-state index in [1.807, 2.05) is 0 Å². The zero-order chi connectivity index (χ0) is 33.6. The van der Waals surface area contributed by atoms with Crippen LogP contribution >= 0.6 is 0 Å². The molecule has 17 heteroatoms. The Balaban J connectivity index is 1.86. The molecule has 2 aromatic heterocycles. The molecule has 0 saturated heterocycles. The van der Waals surface area contributed by atoms with Gasteiger partial charge >= 0.3 is 15.6 Å². The average molecular weight is 671 g/mol. The normalized spacial score (nSPS) is 15.1. The van der Waals surface area contributed by atoms with Gasteiger partial charge in [-0.15, -0.1) is 0 Å². The van der Waals surface area contributed by atoms with Crippen molar-refractivity contribution in [2.45, 2.75) is 25.0 Å². The van der Waals surface area contributed by atoms with E-state index in [0.29, 0.717) is 11.8 Å². The van der Waals surface area contributed by atoms with E-state index in [2.05, 4.69) is 20.8 Å². The molecule has 2 aromatic carbocycles. The van der Waals surface area contributed by atoms with Gasteiger partial charge in [0.1, 0.15) is 41.2 Å². The molecule has 0 fully saturated rings. The van der Waals surface area contributed by atoms with Crippen LogP contribution in [-0.4, -0.2) is 66.4 Å². The predicted molar refractivity (Wildman–Crippen MR) is 152 cm³/mol. The summed E-state index contributed by atoms with van der Waals surface area (Å²) in [5, 5.41) is 3.25. The van der Waals surface area contributed by atoms with Gasteiger partial charge in [-0.1, -0.05) is 18.7 Å². The van der Waals surface area contributed by atoms with Crippen molar-refractivity contribution in [2.75, 3.05) is 26.9 Å². The van der Waals surface area contributed by atoms with E-state index < -0.39 is 67.4 Å². The summed E-state index contributed by atoms with van der Waals surface area (Å²) in [6, 6.07) is 5.25. The number of methoxy groups -OCH3 is 1. The Labute approximate surface area is 257 Å². The highest BCUT2D eigenvalue weighted by Gasteiger charge is 2.49. The van der Waals surface area contributed by atoms with Crippen LogP contribution in [0, 0.1) is 17.5 Å². The minimum atomic E-state index is -6.37. The van der Waals surface area contributed by atoms with Crippen LogP contribution in [0.3, 0.4) is 0 Å². The highest BCUT2D eigenvalue weighted by atomic mass is 32.2. The van der Waals surface area contributed by atoms with Gasteiger partial charge < -0.3 is 18.6 Å². The molecular weight excluding hydrogens is 646 g/mol. The molecule has 4 aromatic rings. The third-order valence-electron chi connectivity index (χ3n) is 7.19. The lowest BCUT2D eigenvalue weighted by molar-refractivity contribution is -0.129. The van der Waals surface area contributed by atoms with Gasteiger partial charge in [-0.2, -0.15) is 26.7 Å². The molecule has 3 heterocycles. The van der Waals surface area contributed by atoms with Crippen LogP contribution < -0.4 is 8.92 Å². The fourth-order valence-electron chi connectivity index (χ4n) is 5.12. The Morgan fingerprint density at radius 3 is 2.50 bits per heavy atom. The molecular formula is C29H24F6N4O6S. The molecule has 0 radical (unpaired) electrons. The van der Waals surface area contributed by atoms with E-state index >= 15 is 8.78 Å². The number of hydrogen-bond donors (Lipinski definition) is 0. The Bertz CT molecular complexity index is 1960. The number of hydrogen-bond acceptors (Lipinski definition) is 8. The summed E-state index contributed by atoms with van der Waals surface area (Å²) in [7, 11) is -5.02. The van der Waals surface area contributed by atoms with Crippen LogP contribution in [0.2, 0.25) is 0 Å². The second-order valence-electron chi connectivity index (χ2n) is 9.98. The standard InChI is InChI=1S/C29H24F6N4O6S/c1-4-23(40)38-8-9-39-21(15(38)2)14-20(37-39)27-25(26-19(32)12-16(30)13-22(26)44-11-10-43-3)17-6-5-7-18(31)24(17)28(36-27)45-46(41,42)29(33,34)35/h4-7,12-15H,1,8-11H2,2-3H3/t15-/m1/s1. The summed E-state index contributed by atoms with van der Waals surface area (Å²) in [4.78, 5) is 17.9. The molecule has 0 unspecified atom stereocenters. The molecule has 0 spiro atoms. The van der Waals surface area contributed by atoms with E-state index in [0.717, 1.165) is 30.3 Å². The lowest BCUT2D eigenvalue weighted by atomic mass is 9.94. The van der Waals surface area contributed by atoms with Crippen molar-refractivity contribution in [3.63, 3.8) is 0 Å². The van der Waals surface area contributed by atoms with Gasteiger partial charge in [-0.05, 0) is 25.1 Å². The number of benzene rings is 2. The van der Waals surface area contributed by atoms with Gasteiger partial charge in [0.25, 0.3) is 0 Å². The number of nitrogens with zero attached hydrogens (tertiary/aromatic N) is 4. The molecule has 0 saturated carbocycles. The van der Waals surface area contributed by atoms with E-state index in [1.54, 1.807) is 6.92 Å². The molecule has 1 aliphatic heterocycles. The Hall–Kier alpha value is -4.64. The van der Waals surface area contributed by atoms with Crippen molar-refractivity contribution >= 4 is 26.8 Å². The maximum atomic E-state index is 15.8. The van der Waals surface area contributed by atoms with Crippen molar-refractivity contribution in [3.05, 3.63) is 72.2 Å². The second-order valence-corrected chi connectivity index (χ2v) is 11.5. The van der Waals surface area contributed by atoms with Gasteiger partial charge in [0.2, 0.25) is 11.8 Å². The number of rotatable bonds is 9. The summed E-state index contributed by atoms with van der Waals surface area (Å²) < 4.78 is 126. The number of ether oxygens (including phenoxy) is 2. The Morgan fingerprint density at radius 2 is 1.83 bits per heavy atom. The maximum absolute atomic E-state index is 15.8. The molecule has 0 aliphatic carbocycles. The number of aromatic nitrogens is 3. The highest BCUT2D eigenvalue weighted by molar-refractivity contribution is 7.88. The van der Waals surface area contributed by atoms with Gasteiger partial charge in [-0.3, -0.25) is 9.48 Å².